The molecular weight excluding hydrogens is 372 g/mol. The van der Waals surface area contributed by atoms with E-state index >= 15 is 0 Å². The van der Waals surface area contributed by atoms with Crippen LogP contribution in [-0.4, -0.2) is 41.3 Å². The maximum atomic E-state index is 12.4. The molecule has 1 amide bonds. The number of aromatic amines is 1. The van der Waals surface area contributed by atoms with Crippen LogP contribution in [0.4, 0.5) is 5.69 Å². The molecule has 146 valence electrons. The zero-order valence-corrected chi connectivity index (χ0v) is 16.0. The van der Waals surface area contributed by atoms with Crippen molar-refractivity contribution < 1.29 is 13.2 Å². The van der Waals surface area contributed by atoms with E-state index in [0.717, 1.165) is 0 Å². The minimum absolute atomic E-state index is 0.0193. The number of nitrogens with zero attached hydrogens (tertiary/aromatic N) is 2. The summed E-state index contributed by atoms with van der Waals surface area (Å²) in [6.07, 6.45) is 1.34. The summed E-state index contributed by atoms with van der Waals surface area (Å²) in [5, 5.41) is 2.64. The number of nitrogens with one attached hydrogen (secondary N) is 2. The van der Waals surface area contributed by atoms with Crippen LogP contribution in [-0.2, 0) is 21.4 Å². The van der Waals surface area contributed by atoms with E-state index in [1.54, 1.807) is 13.8 Å². The smallest absolute Gasteiger partial charge is 0.326 e. The number of hydrogen-bond acceptors (Lipinski definition) is 5. The summed E-state index contributed by atoms with van der Waals surface area (Å²) in [6, 6.07) is 7.11. The number of H-pyrrole nitrogens is 1. The number of aromatic nitrogens is 2. The summed E-state index contributed by atoms with van der Waals surface area (Å²) >= 11 is 0. The van der Waals surface area contributed by atoms with Gasteiger partial charge < -0.3 is 9.88 Å². The third-order valence-corrected chi connectivity index (χ3v) is 6.02. The number of carbonyl (C=O) groups is 1. The SMILES string of the molecule is CCN(CC)S(=O)(=O)c1ccc(NC(=O)CCn2ccc(=O)[nH]c2=O)cc1. The Balaban J connectivity index is 2.00. The number of anilines is 1. The van der Waals surface area contributed by atoms with Gasteiger partial charge in [-0.15, -0.1) is 0 Å². The van der Waals surface area contributed by atoms with Crippen molar-refractivity contribution in [2.75, 3.05) is 18.4 Å². The first-order valence-corrected chi connectivity index (χ1v) is 9.91. The average Bonchev–Trinajstić information content (AvgIpc) is 2.62. The van der Waals surface area contributed by atoms with Crippen LogP contribution in [0, 0.1) is 0 Å². The highest BCUT2D eigenvalue weighted by molar-refractivity contribution is 7.89. The van der Waals surface area contributed by atoms with E-state index in [-0.39, 0.29) is 23.8 Å². The third-order valence-electron chi connectivity index (χ3n) is 3.96. The molecule has 27 heavy (non-hydrogen) atoms. The lowest BCUT2D eigenvalue weighted by atomic mass is 10.3. The van der Waals surface area contributed by atoms with Gasteiger partial charge in [0.25, 0.3) is 5.56 Å². The van der Waals surface area contributed by atoms with E-state index in [1.165, 1.54) is 45.4 Å². The van der Waals surface area contributed by atoms with Gasteiger partial charge in [-0.05, 0) is 24.3 Å². The van der Waals surface area contributed by atoms with Crippen molar-refractivity contribution in [2.24, 2.45) is 0 Å². The molecule has 0 bridgehead atoms. The van der Waals surface area contributed by atoms with E-state index in [9.17, 15) is 22.8 Å². The Morgan fingerprint density at radius 2 is 1.74 bits per heavy atom. The van der Waals surface area contributed by atoms with Crippen molar-refractivity contribution in [3.63, 3.8) is 0 Å². The van der Waals surface area contributed by atoms with E-state index in [4.69, 9.17) is 0 Å². The lowest BCUT2D eigenvalue weighted by molar-refractivity contribution is -0.116. The Morgan fingerprint density at radius 1 is 1.11 bits per heavy atom. The fraction of sp³-hybridized carbons (Fsp3) is 0.353. The van der Waals surface area contributed by atoms with Crippen LogP contribution < -0.4 is 16.6 Å². The van der Waals surface area contributed by atoms with Crippen molar-refractivity contribution >= 4 is 21.6 Å². The van der Waals surface area contributed by atoms with Gasteiger partial charge in [0.15, 0.2) is 0 Å². The normalized spacial score (nSPS) is 11.5. The van der Waals surface area contributed by atoms with Gasteiger partial charge in [-0.2, -0.15) is 4.31 Å². The Morgan fingerprint density at radius 3 is 2.30 bits per heavy atom. The minimum atomic E-state index is -3.55. The first kappa shape index (κ1) is 20.6. The molecule has 0 radical (unpaired) electrons. The number of amides is 1. The van der Waals surface area contributed by atoms with Gasteiger partial charge in [-0.3, -0.25) is 14.6 Å². The molecular formula is C17H22N4O5S. The van der Waals surface area contributed by atoms with E-state index in [1.807, 2.05) is 0 Å². The highest BCUT2D eigenvalue weighted by atomic mass is 32.2. The quantitative estimate of drug-likeness (QED) is 0.679. The predicted octanol–water partition coefficient (Wildman–Crippen LogP) is 0.596. The molecule has 0 fully saturated rings. The molecule has 10 heteroatoms. The maximum absolute atomic E-state index is 12.4. The second kappa shape index (κ2) is 8.78. The summed E-state index contributed by atoms with van der Waals surface area (Å²) in [7, 11) is -3.55. The molecule has 2 aromatic rings. The Hall–Kier alpha value is -2.72. The van der Waals surface area contributed by atoms with Crippen molar-refractivity contribution in [1.29, 1.82) is 0 Å². The van der Waals surface area contributed by atoms with Crippen molar-refractivity contribution in [2.45, 2.75) is 31.7 Å². The Kier molecular flexibility index (Phi) is 6.70. The molecule has 2 rings (SSSR count). The zero-order chi connectivity index (χ0) is 20.0. The van der Waals surface area contributed by atoms with Gasteiger partial charge in [0.05, 0.1) is 4.90 Å². The highest BCUT2D eigenvalue weighted by Gasteiger charge is 2.21. The topological polar surface area (TPSA) is 121 Å². The summed E-state index contributed by atoms with van der Waals surface area (Å²) in [5.74, 6) is -0.340. The van der Waals surface area contributed by atoms with Crippen LogP contribution in [0.5, 0.6) is 0 Å². The molecule has 2 N–H and O–H groups in total. The van der Waals surface area contributed by atoms with Gasteiger partial charge in [-0.25, -0.2) is 13.2 Å². The van der Waals surface area contributed by atoms with E-state index in [2.05, 4.69) is 10.3 Å². The van der Waals surface area contributed by atoms with Crippen molar-refractivity contribution in [3.8, 4) is 0 Å². The minimum Gasteiger partial charge on any atom is -0.326 e. The Labute approximate surface area is 156 Å². The number of carbonyl (C=O) groups excluding carboxylic acids is 1. The predicted molar refractivity (Wildman–Crippen MR) is 101 cm³/mol. The Bertz CT molecular complexity index is 1000. The van der Waals surface area contributed by atoms with Crippen LogP contribution in [0.25, 0.3) is 0 Å². The molecule has 0 aliphatic heterocycles. The molecule has 0 atom stereocenters. The molecule has 1 aromatic carbocycles. The van der Waals surface area contributed by atoms with Gasteiger partial charge in [0, 0.05) is 44.0 Å². The lowest BCUT2D eigenvalue weighted by Crippen LogP contribution is -2.30. The molecule has 0 aliphatic rings. The summed E-state index contributed by atoms with van der Waals surface area (Å²) in [5.41, 5.74) is -0.631. The molecule has 0 saturated heterocycles. The number of benzene rings is 1. The van der Waals surface area contributed by atoms with E-state index < -0.39 is 21.3 Å². The standard InChI is InChI=1S/C17H22N4O5S/c1-3-21(4-2)27(25,26)14-7-5-13(6-8-14)18-15(22)9-11-20-12-10-16(23)19-17(20)24/h5-8,10,12H,3-4,9,11H2,1-2H3,(H,18,22)(H,19,23,24). The van der Waals surface area contributed by atoms with Crippen LogP contribution in [0.3, 0.4) is 0 Å². The molecule has 1 heterocycles. The van der Waals surface area contributed by atoms with Gasteiger partial charge in [0.2, 0.25) is 15.9 Å². The van der Waals surface area contributed by atoms with Crippen LogP contribution in [0.2, 0.25) is 0 Å². The molecule has 0 spiro atoms. The van der Waals surface area contributed by atoms with E-state index in [0.29, 0.717) is 18.8 Å². The van der Waals surface area contributed by atoms with Crippen LogP contribution in [0.15, 0.2) is 51.0 Å². The first-order valence-electron chi connectivity index (χ1n) is 8.47. The highest BCUT2D eigenvalue weighted by Crippen LogP contribution is 2.18. The van der Waals surface area contributed by atoms with Gasteiger partial charge in [0.1, 0.15) is 0 Å². The number of sulfonamides is 1. The summed E-state index contributed by atoms with van der Waals surface area (Å²) in [6.45, 7) is 4.39. The molecule has 0 unspecified atom stereocenters. The molecule has 1 aromatic heterocycles. The first-order chi connectivity index (χ1) is 12.8. The van der Waals surface area contributed by atoms with Gasteiger partial charge >= 0.3 is 5.69 Å². The molecule has 0 aliphatic carbocycles. The van der Waals surface area contributed by atoms with Crippen LogP contribution >= 0.6 is 0 Å². The largest absolute Gasteiger partial charge is 0.328 e. The zero-order valence-electron chi connectivity index (χ0n) is 15.1. The van der Waals surface area contributed by atoms with Crippen molar-refractivity contribution in [1.82, 2.24) is 13.9 Å². The maximum Gasteiger partial charge on any atom is 0.328 e. The number of aryl methyl sites for hydroxylation is 1. The third kappa shape index (κ3) is 5.14. The second-order valence-electron chi connectivity index (χ2n) is 5.72. The second-order valence-corrected chi connectivity index (χ2v) is 7.65. The summed E-state index contributed by atoms with van der Waals surface area (Å²) < 4.78 is 27.4. The number of rotatable bonds is 8. The average molecular weight is 394 g/mol. The fourth-order valence-corrected chi connectivity index (χ4v) is 3.95. The fourth-order valence-electron chi connectivity index (χ4n) is 2.49. The van der Waals surface area contributed by atoms with Gasteiger partial charge in [-0.1, -0.05) is 13.8 Å². The monoisotopic (exact) mass is 394 g/mol. The number of hydrogen-bond donors (Lipinski definition) is 2. The summed E-state index contributed by atoms with van der Waals surface area (Å²) in [4.78, 5) is 36.9. The van der Waals surface area contributed by atoms with Crippen LogP contribution in [0.1, 0.15) is 20.3 Å². The molecule has 0 saturated carbocycles. The molecule has 9 nitrogen and oxygen atoms in total. The lowest BCUT2D eigenvalue weighted by Gasteiger charge is -2.18. The van der Waals surface area contributed by atoms with Crippen molar-refractivity contribution in [3.05, 3.63) is 57.4 Å².